The van der Waals surface area contributed by atoms with Crippen molar-refractivity contribution in [3.63, 3.8) is 0 Å². The van der Waals surface area contributed by atoms with E-state index in [0.717, 1.165) is 17.0 Å². The van der Waals surface area contributed by atoms with Crippen molar-refractivity contribution in [3.8, 4) is 0 Å². The summed E-state index contributed by atoms with van der Waals surface area (Å²) in [7, 11) is 0. The van der Waals surface area contributed by atoms with Gasteiger partial charge < -0.3 is 10.1 Å². The third-order valence-electron chi connectivity index (χ3n) is 3.73. The van der Waals surface area contributed by atoms with Crippen LogP contribution in [0.15, 0.2) is 22.8 Å². The van der Waals surface area contributed by atoms with Crippen LogP contribution in [0.3, 0.4) is 0 Å². The van der Waals surface area contributed by atoms with Crippen LogP contribution in [0, 0.1) is 5.92 Å². The number of allylic oxidation sites excluding steroid dienone is 3. The van der Waals surface area contributed by atoms with Crippen molar-refractivity contribution in [3.05, 3.63) is 22.8 Å². The lowest BCUT2D eigenvalue weighted by atomic mass is 10.0. The first-order valence-corrected chi connectivity index (χ1v) is 7.94. The molecule has 2 atom stereocenters. The Labute approximate surface area is 137 Å². The first-order valence-electron chi connectivity index (χ1n) is 7.57. The number of halogens is 1. The molecule has 124 valence electrons. The van der Waals surface area contributed by atoms with Crippen LogP contribution in [0.5, 0.6) is 0 Å². The Hall–Kier alpha value is -1.29. The number of nitrogens with one attached hydrogen (secondary N) is 1. The number of hydrogen-bond donors (Lipinski definition) is 1. The minimum Gasteiger partial charge on any atom is -0.444 e. The molecule has 0 saturated heterocycles. The lowest BCUT2D eigenvalue weighted by molar-refractivity contribution is -0.118. The van der Waals surface area contributed by atoms with Gasteiger partial charge in [0, 0.05) is 11.0 Å². The van der Waals surface area contributed by atoms with Gasteiger partial charge in [0.15, 0.2) is 0 Å². The van der Waals surface area contributed by atoms with Crippen LogP contribution in [-0.2, 0) is 9.53 Å². The topological polar surface area (TPSA) is 55.4 Å². The van der Waals surface area contributed by atoms with Crippen molar-refractivity contribution < 1.29 is 14.3 Å². The van der Waals surface area contributed by atoms with Gasteiger partial charge in [-0.15, -0.1) is 0 Å². The SMILES string of the molecule is CC/C(Cl)=C\C=C(/C)[C@@]1(NC(=O)OC(C)(C)C)C[C@@H]1C(C)=O. The Morgan fingerprint density at radius 1 is 1.32 bits per heavy atom. The van der Waals surface area contributed by atoms with E-state index in [9.17, 15) is 9.59 Å². The maximum Gasteiger partial charge on any atom is 0.408 e. The highest BCUT2D eigenvalue weighted by Gasteiger charge is 2.59. The molecule has 0 aliphatic heterocycles. The summed E-state index contributed by atoms with van der Waals surface area (Å²) in [5.74, 6) is -0.139. The fraction of sp³-hybridized carbons (Fsp3) is 0.647. The Morgan fingerprint density at radius 2 is 1.91 bits per heavy atom. The van der Waals surface area contributed by atoms with Crippen LogP contribution in [0.1, 0.15) is 54.4 Å². The largest absolute Gasteiger partial charge is 0.444 e. The number of ether oxygens (including phenoxy) is 1. The van der Waals surface area contributed by atoms with Gasteiger partial charge in [-0.25, -0.2) is 4.79 Å². The number of carbonyl (C=O) groups is 2. The van der Waals surface area contributed by atoms with E-state index in [-0.39, 0.29) is 11.7 Å². The fourth-order valence-electron chi connectivity index (χ4n) is 2.39. The number of rotatable bonds is 5. The molecule has 4 nitrogen and oxygen atoms in total. The highest BCUT2D eigenvalue weighted by molar-refractivity contribution is 6.29. The standard InChI is InChI=1S/C17H26ClNO3/c1-7-13(18)9-8-11(2)17(10-14(17)12(3)20)19-15(21)22-16(4,5)6/h8-9,14H,7,10H2,1-6H3,(H,19,21)/b11-8+,13-9+/t14-,17+/m1/s1. The predicted octanol–water partition coefficient (Wildman–Crippen LogP) is 4.34. The van der Waals surface area contributed by atoms with Gasteiger partial charge in [-0.05, 0) is 59.1 Å². The Balaban J connectivity index is 2.94. The molecule has 1 saturated carbocycles. The number of amides is 1. The van der Waals surface area contributed by atoms with Crippen LogP contribution >= 0.6 is 11.6 Å². The molecular formula is C17H26ClNO3. The Bertz CT molecular complexity index is 516. The van der Waals surface area contributed by atoms with Crippen molar-refractivity contribution in [2.24, 2.45) is 5.92 Å². The first-order chi connectivity index (χ1) is 10.0. The molecule has 1 amide bonds. The normalized spacial score (nSPS) is 25.7. The average Bonchev–Trinajstić information content (AvgIpc) is 3.08. The molecule has 0 aromatic rings. The third-order valence-corrected chi connectivity index (χ3v) is 4.12. The summed E-state index contributed by atoms with van der Waals surface area (Å²) in [5.41, 5.74) is -0.310. The van der Waals surface area contributed by atoms with Crippen LogP contribution in [0.4, 0.5) is 4.79 Å². The molecule has 1 fully saturated rings. The van der Waals surface area contributed by atoms with Crippen LogP contribution < -0.4 is 5.32 Å². The summed E-state index contributed by atoms with van der Waals surface area (Å²) in [6, 6.07) is 0. The van der Waals surface area contributed by atoms with Crippen LogP contribution in [0.25, 0.3) is 0 Å². The number of Topliss-reactive ketones (excluding diaryl/α,β-unsaturated/α-hetero) is 1. The molecule has 1 N–H and O–H groups in total. The van der Waals surface area contributed by atoms with E-state index in [1.807, 2.05) is 26.0 Å². The summed E-state index contributed by atoms with van der Waals surface area (Å²) < 4.78 is 5.31. The Kier molecular flexibility index (Phi) is 5.85. The summed E-state index contributed by atoms with van der Waals surface area (Å²) >= 11 is 6.01. The monoisotopic (exact) mass is 327 g/mol. The predicted molar refractivity (Wildman–Crippen MR) is 88.9 cm³/mol. The summed E-state index contributed by atoms with van der Waals surface area (Å²) in [5, 5.41) is 3.60. The average molecular weight is 328 g/mol. The zero-order chi connectivity index (χ0) is 17.1. The van der Waals surface area contributed by atoms with Gasteiger partial charge in [0.25, 0.3) is 0 Å². The lowest BCUT2D eigenvalue weighted by Crippen LogP contribution is -2.43. The van der Waals surface area contributed by atoms with E-state index in [4.69, 9.17) is 16.3 Å². The summed E-state index contributed by atoms with van der Waals surface area (Å²) in [4.78, 5) is 23.8. The molecule has 0 aromatic heterocycles. The van der Waals surface area contributed by atoms with Gasteiger partial charge in [0.2, 0.25) is 0 Å². The highest BCUT2D eigenvalue weighted by atomic mass is 35.5. The van der Waals surface area contributed by atoms with E-state index in [1.54, 1.807) is 27.7 Å². The van der Waals surface area contributed by atoms with Crippen molar-refractivity contribution >= 4 is 23.5 Å². The molecule has 5 heteroatoms. The maximum atomic E-state index is 12.1. The third kappa shape index (κ3) is 4.87. The molecular weight excluding hydrogens is 302 g/mol. The van der Waals surface area contributed by atoms with Crippen molar-refractivity contribution in [2.45, 2.75) is 65.5 Å². The minimum absolute atomic E-state index is 0.0642. The summed E-state index contributed by atoms with van der Waals surface area (Å²) in [6.45, 7) is 10.8. The molecule has 0 bridgehead atoms. The fourth-order valence-corrected chi connectivity index (χ4v) is 2.46. The van der Waals surface area contributed by atoms with Gasteiger partial charge in [-0.2, -0.15) is 0 Å². The quantitative estimate of drug-likeness (QED) is 0.764. The number of carbonyl (C=O) groups excluding carboxylic acids is 2. The zero-order valence-electron chi connectivity index (χ0n) is 14.2. The van der Waals surface area contributed by atoms with Gasteiger partial charge in [-0.3, -0.25) is 4.79 Å². The molecule has 0 radical (unpaired) electrons. The van der Waals surface area contributed by atoms with E-state index in [1.165, 1.54) is 0 Å². The first kappa shape index (κ1) is 18.8. The van der Waals surface area contributed by atoms with Crippen LogP contribution in [-0.4, -0.2) is 23.0 Å². The Morgan fingerprint density at radius 3 is 2.32 bits per heavy atom. The smallest absolute Gasteiger partial charge is 0.408 e. The molecule has 0 spiro atoms. The molecule has 1 aliphatic rings. The van der Waals surface area contributed by atoms with Crippen molar-refractivity contribution in [1.82, 2.24) is 5.32 Å². The molecule has 1 rings (SSSR count). The molecule has 0 unspecified atom stereocenters. The second kappa shape index (κ2) is 6.86. The molecule has 0 aromatic carbocycles. The zero-order valence-corrected chi connectivity index (χ0v) is 15.0. The van der Waals surface area contributed by atoms with E-state index in [2.05, 4.69) is 5.32 Å². The van der Waals surface area contributed by atoms with Gasteiger partial charge in [0.05, 0.1) is 5.54 Å². The van der Waals surface area contributed by atoms with Crippen molar-refractivity contribution in [1.29, 1.82) is 0 Å². The molecule has 1 aliphatic carbocycles. The highest BCUT2D eigenvalue weighted by Crippen LogP contribution is 2.49. The van der Waals surface area contributed by atoms with Gasteiger partial charge >= 0.3 is 6.09 Å². The van der Waals surface area contributed by atoms with Crippen LogP contribution in [0.2, 0.25) is 0 Å². The minimum atomic E-state index is -0.643. The second-order valence-corrected chi connectivity index (χ2v) is 7.27. The summed E-state index contributed by atoms with van der Waals surface area (Å²) in [6.07, 6.45) is 4.52. The van der Waals surface area contributed by atoms with Gasteiger partial charge in [0.1, 0.15) is 11.4 Å². The molecule has 0 heterocycles. The number of alkyl carbamates (subject to hydrolysis) is 1. The number of ketones is 1. The lowest BCUT2D eigenvalue weighted by Gasteiger charge is -2.24. The van der Waals surface area contributed by atoms with E-state index in [0.29, 0.717) is 6.42 Å². The maximum absolute atomic E-state index is 12.1. The second-order valence-electron chi connectivity index (χ2n) is 6.78. The van der Waals surface area contributed by atoms with Crippen molar-refractivity contribution in [2.75, 3.05) is 0 Å². The van der Waals surface area contributed by atoms with E-state index < -0.39 is 17.2 Å². The molecule has 22 heavy (non-hydrogen) atoms. The number of hydrogen-bond acceptors (Lipinski definition) is 3. The van der Waals surface area contributed by atoms with Gasteiger partial charge in [-0.1, -0.05) is 24.6 Å². The van der Waals surface area contributed by atoms with E-state index >= 15 is 0 Å².